The minimum Gasteiger partial charge on any atom is -0.478 e. The molecular formula is C72H76Cl4F6N8O10. The van der Waals surface area contributed by atoms with Crippen LogP contribution in [0.15, 0.2) is 125 Å². The number of amides is 5. The van der Waals surface area contributed by atoms with E-state index >= 15 is 0 Å². The molecule has 6 aromatic rings. The molecule has 6 aliphatic rings. The summed E-state index contributed by atoms with van der Waals surface area (Å²) in [6.45, 7) is 17.4. The zero-order valence-electron chi connectivity index (χ0n) is 56.5. The summed E-state index contributed by atoms with van der Waals surface area (Å²) in [5.74, 6) is -2.24. The molecule has 100 heavy (non-hydrogen) atoms. The number of benzene rings is 6. The molecule has 6 aromatic carbocycles. The van der Waals surface area contributed by atoms with Crippen molar-refractivity contribution in [1.82, 2.24) is 25.3 Å². The monoisotopic (exact) mass is 1470 g/mol. The van der Waals surface area contributed by atoms with Crippen molar-refractivity contribution in [3.63, 3.8) is 0 Å². The van der Waals surface area contributed by atoms with Crippen LogP contribution in [0.25, 0.3) is 0 Å². The lowest BCUT2D eigenvalue weighted by atomic mass is 9.88. The summed E-state index contributed by atoms with van der Waals surface area (Å²) >= 11 is 18.6. The Labute approximate surface area is 596 Å². The van der Waals surface area contributed by atoms with Gasteiger partial charge >= 0.3 is 18.3 Å². The highest BCUT2D eigenvalue weighted by Crippen LogP contribution is 2.41. The molecule has 28 heteroatoms. The maximum absolute atomic E-state index is 12.9. The number of alkyl halides is 6. The largest absolute Gasteiger partial charge is 0.478 e. The van der Waals surface area contributed by atoms with E-state index in [9.17, 15) is 55.1 Å². The number of carbonyl (C=O) groups is 6. The summed E-state index contributed by atoms with van der Waals surface area (Å²) in [5.41, 5.74) is 12.4. The zero-order valence-corrected chi connectivity index (χ0v) is 59.6. The number of carboxylic acids is 1. The van der Waals surface area contributed by atoms with Gasteiger partial charge in [-0.05, 0) is 208 Å². The molecule has 5 amide bonds. The third-order valence-electron chi connectivity index (χ3n) is 17.0. The number of halogens is 10. The Balaban J connectivity index is 0.000000195. The minimum absolute atomic E-state index is 0. The molecule has 0 radical (unpaired) electrons. The summed E-state index contributed by atoms with van der Waals surface area (Å²) in [7, 11) is 0. The summed E-state index contributed by atoms with van der Waals surface area (Å²) in [6, 6.07) is 33.4. The molecule has 0 bridgehead atoms. The lowest BCUT2D eigenvalue weighted by molar-refractivity contribution is -0.157. The highest BCUT2D eigenvalue weighted by Gasteiger charge is 2.42. The molecule has 0 aromatic heterocycles. The van der Waals surface area contributed by atoms with Crippen molar-refractivity contribution in [2.45, 2.75) is 137 Å². The lowest BCUT2D eigenvalue weighted by Gasteiger charge is -2.22. The van der Waals surface area contributed by atoms with Gasteiger partial charge in [0.2, 0.25) is 17.7 Å². The average Bonchev–Trinajstić information content (AvgIpc) is 1.64. The number of carboxylic acid groups (broad SMARTS) is 1. The van der Waals surface area contributed by atoms with E-state index in [0.29, 0.717) is 72.8 Å². The highest BCUT2D eigenvalue weighted by molar-refractivity contribution is 6.31. The molecule has 3 N–H and O–H groups in total. The molecule has 6 aliphatic heterocycles. The number of rotatable bonds is 10. The van der Waals surface area contributed by atoms with Crippen LogP contribution in [0.5, 0.6) is 0 Å². The normalized spacial score (nSPS) is 19.8. The number of hydrogen-bond acceptors (Lipinski definition) is 12. The Bertz CT molecular complexity index is 4160. The van der Waals surface area contributed by atoms with Gasteiger partial charge in [-0.3, -0.25) is 24.0 Å². The molecule has 3 fully saturated rings. The Hall–Kier alpha value is -8.71. The molecule has 0 saturated carbocycles. The van der Waals surface area contributed by atoms with Gasteiger partial charge < -0.3 is 45.0 Å². The second kappa shape index (κ2) is 32.3. The van der Waals surface area contributed by atoms with Crippen molar-refractivity contribution in [2.75, 3.05) is 39.5 Å². The van der Waals surface area contributed by atoms with Crippen LogP contribution < -0.4 is 10.6 Å². The minimum atomic E-state index is -4.52. The number of nitrogens with one attached hydrogen (secondary N) is 2. The van der Waals surface area contributed by atoms with E-state index in [2.05, 4.69) is 32.2 Å². The van der Waals surface area contributed by atoms with Crippen molar-refractivity contribution in [3.8, 4) is 0 Å². The Morgan fingerprint density at radius 1 is 0.540 bits per heavy atom. The number of hydrogen-bond donors (Lipinski definition) is 3. The van der Waals surface area contributed by atoms with Crippen LogP contribution in [0.4, 0.5) is 26.3 Å². The molecule has 3 atom stereocenters. The van der Waals surface area contributed by atoms with Crippen LogP contribution in [0.3, 0.4) is 0 Å². The van der Waals surface area contributed by atoms with Gasteiger partial charge in [0.25, 0.3) is 11.8 Å². The van der Waals surface area contributed by atoms with Gasteiger partial charge in [-0.15, -0.1) is 12.4 Å². The van der Waals surface area contributed by atoms with Crippen LogP contribution >= 0.6 is 47.2 Å². The van der Waals surface area contributed by atoms with E-state index < -0.39 is 66.6 Å². The van der Waals surface area contributed by atoms with Crippen LogP contribution in [-0.2, 0) is 45.7 Å². The van der Waals surface area contributed by atoms with Crippen molar-refractivity contribution < 1.29 is 74.7 Å². The first-order valence-corrected chi connectivity index (χ1v) is 32.6. The van der Waals surface area contributed by atoms with Crippen LogP contribution in [0.1, 0.15) is 164 Å². The van der Waals surface area contributed by atoms with E-state index in [1.54, 1.807) is 50.2 Å². The van der Waals surface area contributed by atoms with Crippen molar-refractivity contribution in [3.05, 3.63) is 208 Å². The fourth-order valence-corrected chi connectivity index (χ4v) is 12.4. The zero-order chi connectivity index (χ0) is 72.7. The second-order valence-corrected chi connectivity index (χ2v) is 26.9. The molecule has 12 rings (SSSR count). The molecular weight excluding hydrogens is 1390 g/mol. The van der Waals surface area contributed by atoms with Gasteiger partial charge in [-0.2, -0.15) is 26.3 Å². The molecule has 3 unspecified atom stereocenters. The Morgan fingerprint density at radius 2 is 0.920 bits per heavy atom. The van der Waals surface area contributed by atoms with E-state index in [1.165, 1.54) is 4.90 Å². The third-order valence-corrected chi connectivity index (χ3v) is 17.6. The first kappa shape index (κ1) is 78.6. The fraction of sp³-hybridized carbons (Fsp3) is 0.375. The maximum Gasteiger partial charge on any atom is 0.406 e. The van der Waals surface area contributed by atoms with Crippen molar-refractivity contribution in [1.29, 1.82) is 0 Å². The van der Waals surface area contributed by atoms with E-state index in [4.69, 9.17) is 54.4 Å². The summed E-state index contributed by atoms with van der Waals surface area (Å²) in [6.07, 6.45) is -5.75. The first-order chi connectivity index (χ1) is 46.3. The van der Waals surface area contributed by atoms with Gasteiger partial charge in [-0.1, -0.05) is 93.6 Å². The Morgan fingerprint density at radius 3 is 1.21 bits per heavy atom. The van der Waals surface area contributed by atoms with Crippen LogP contribution in [0.2, 0.25) is 15.1 Å². The first-order valence-electron chi connectivity index (χ1n) is 31.5. The van der Waals surface area contributed by atoms with Gasteiger partial charge in [0.1, 0.15) is 19.6 Å². The molecule has 534 valence electrons. The lowest BCUT2D eigenvalue weighted by Crippen LogP contribution is -2.37. The van der Waals surface area contributed by atoms with Crippen molar-refractivity contribution >= 4 is 99.9 Å². The van der Waals surface area contributed by atoms with Gasteiger partial charge in [0.05, 0.1) is 36.0 Å². The number of nitrogens with zero attached hydrogens (tertiary/aromatic N) is 6. The number of carbonyl (C=O) groups excluding carboxylic acids is 5. The topological polar surface area (TPSA) is 221 Å². The molecule has 0 spiro atoms. The average molecular weight is 1470 g/mol. The quantitative estimate of drug-likeness (QED) is 0.110. The predicted molar refractivity (Wildman–Crippen MR) is 371 cm³/mol. The third kappa shape index (κ3) is 20.3. The standard InChI is InChI=1S/C24H23ClF3N3O3.C22H22ClN3O3.C19H18ClNO3.C4H7NO.C3H5F3.ClH/c1-14-6-17(9-18(25)7-14)23(3)10-20(29-34-23)16-4-5-19(15(2)8-16)22(33)30-11-21(32)31(13-30)12-24(26,27)28;1-13-6-16(9-17(23)7-13)22(3)10-19(25-29-22)15-4-5-18(14(2)8-15)21(28)26-11-20(27)24-12-26;1-11-6-14(9-15(20)7-11)19(3)10-17(21-24-19)13-4-5-16(18(22)23)12(2)8-13;6-4-2-1-3-5-4;1-2-3(4,5)6;/h4-9H,10-13H2,1-3H3;4-9H,10-12H2,1-3H3,(H,24,27);4-9H,10H2,1-3H3,(H,22,23);1-3H2,(H,5,6);2H2,1H3;1H. The Kier molecular flexibility index (Phi) is 25.4. The van der Waals surface area contributed by atoms with Gasteiger partial charge in [0.15, 0.2) is 16.8 Å². The number of aryl methyl sites for hydroxylation is 6. The van der Waals surface area contributed by atoms with E-state index in [-0.39, 0.29) is 49.9 Å². The fourth-order valence-electron chi connectivity index (χ4n) is 11.5. The maximum atomic E-state index is 12.9. The number of aromatic carboxylic acids is 1. The highest BCUT2D eigenvalue weighted by atomic mass is 35.5. The summed E-state index contributed by atoms with van der Waals surface area (Å²) in [4.78, 5) is 90.7. The van der Waals surface area contributed by atoms with Crippen LogP contribution in [0, 0.1) is 41.5 Å². The van der Waals surface area contributed by atoms with Gasteiger partial charge in [0, 0.05) is 64.8 Å². The smallest absolute Gasteiger partial charge is 0.406 e. The molecule has 3 saturated heterocycles. The van der Waals surface area contributed by atoms with E-state index in [0.717, 1.165) is 98.3 Å². The summed E-state index contributed by atoms with van der Waals surface area (Å²) in [5, 5.41) is 29.2. The van der Waals surface area contributed by atoms with Crippen LogP contribution in [-0.4, -0.2) is 124 Å². The van der Waals surface area contributed by atoms with Gasteiger partial charge in [-0.25, -0.2) is 4.79 Å². The predicted octanol–water partition coefficient (Wildman–Crippen LogP) is 15.3. The number of oxime groups is 3. The molecule has 6 heterocycles. The summed E-state index contributed by atoms with van der Waals surface area (Å²) < 4.78 is 70.4. The molecule has 0 aliphatic carbocycles. The SMILES string of the molecule is CCC(F)(F)F.Cc1cc(Cl)cc(C2(C)CC(c3ccc(C(=O)N4CC(=O)N(CC(F)(F)F)C4)c(C)c3)=NO2)c1.Cc1cc(Cl)cc(C2(C)CC(c3ccc(C(=O)N4CNC(=O)C4)c(C)c3)=NO2)c1.Cc1cc(Cl)cc(C2(C)CC(c3ccc(C(=O)O)c(C)c3)=NO2)c1.Cl.O=C1CCCN1. The van der Waals surface area contributed by atoms with Crippen molar-refractivity contribution in [2.24, 2.45) is 15.5 Å². The second-order valence-electron chi connectivity index (χ2n) is 25.6. The molecule has 18 nitrogen and oxygen atoms in total. The van der Waals surface area contributed by atoms with E-state index in [1.807, 2.05) is 115 Å².